The molecule has 0 saturated carbocycles. The number of nitrogens with zero attached hydrogens (tertiary/aromatic N) is 3. The van der Waals surface area contributed by atoms with E-state index >= 15 is 0 Å². The summed E-state index contributed by atoms with van der Waals surface area (Å²) in [6.45, 7) is 0.319. The number of rotatable bonds is 1. The van der Waals surface area contributed by atoms with Gasteiger partial charge in [-0.15, -0.1) is 0 Å². The summed E-state index contributed by atoms with van der Waals surface area (Å²) in [5.41, 5.74) is 6.70. The van der Waals surface area contributed by atoms with Crippen molar-refractivity contribution in [1.82, 2.24) is 9.38 Å². The highest BCUT2D eigenvalue weighted by atomic mass is 79.9. The molecule has 0 amide bonds. The van der Waals surface area contributed by atoms with Crippen LogP contribution in [0.5, 0.6) is 0 Å². The first-order chi connectivity index (χ1) is 6.77. The van der Waals surface area contributed by atoms with Crippen LogP contribution in [0.4, 0.5) is 0 Å². The monoisotopic (exact) mass is 250 g/mol. The zero-order valence-electron chi connectivity index (χ0n) is 7.24. The number of nitriles is 1. The summed E-state index contributed by atoms with van der Waals surface area (Å²) in [7, 11) is 0. The summed E-state index contributed by atoms with van der Waals surface area (Å²) in [6.07, 6.45) is 1.84. The Hall–Kier alpha value is -1.38. The van der Waals surface area contributed by atoms with Gasteiger partial charge in [-0.05, 0) is 28.1 Å². The number of hydrogen-bond acceptors (Lipinski definition) is 3. The SMILES string of the molecule is N#Cc1nc(CN)n2cccc(Br)c12. The second kappa shape index (κ2) is 3.40. The average molecular weight is 251 g/mol. The van der Waals surface area contributed by atoms with Gasteiger partial charge in [-0.25, -0.2) is 4.98 Å². The maximum Gasteiger partial charge on any atom is 0.167 e. The van der Waals surface area contributed by atoms with Crippen molar-refractivity contribution >= 4 is 21.4 Å². The van der Waals surface area contributed by atoms with Crippen LogP contribution in [0.3, 0.4) is 0 Å². The van der Waals surface area contributed by atoms with Crippen LogP contribution in [0, 0.1) is 11.3 Å². The first kappa shape index (κ1) is 9.19. The van der Waals surface area contributed by atoms with Gasteiger partial charge in [0.15, 0.2) is 5.69 Å². The topological polar surface area (TPSA) is 67.1 Å². The highest BCUT2D eigenvalue weighted by Gasteiger charge is 2.11. The average Bonchev–Trinajstić information content (AvgIpc) is 2.57. The molecule has 0 aliphatic rings. The molecule has 0 saturated heterocycles. The van der Waals surface area contributed by atoms with Gasteiger partial charge in [-0.3, -0.25) is 0 Å². The minimum absolute atomic E-state index is 0.319. The molecule has 5 heteroatoms. The van der Waals surface area contributed by atoms with Crippen LogP contribution in [0.15, 0.2) is 22.8 Å². The van der Waals surface area contributed by atoms with Crippen LogP contribution < -0.4 is 5.73 Å². The molecule has 2 N–H and O–H groups in total. The second-order valence-electron chi connectivity index (χ2n) is 2.77. The Morgan fingerprint density at radius 2 is 2.43 bits per heavy atom. The van der Waals surface area contributed by atoms with Crippen LogP contribution >= 0.6 is 15.9 Å². The van der Waals surface area contributed by atoms with Crippen molar-refractivity contribution in [3.8, 4) is 6.07 Å². The lowest BCUT2D eigenvalue weighted by Gasteiger charge is -1.98. The van der Waals surface area contributed by atoms with Gasteiger partial charge in [0, 0.05) is 10.7 Å². The van der Waals surface area contributed by atoms with Crippen LogP contribution in [0.2, 0.25) is 0 Å². The summed E-state index contributed by atoms with van der Waals surface area (Å²) >= 11 is 3.38. The van der Waals surface area contributed by atoms with Crippen molar-refractivity contribution in [2.24, 2.45) is 5.73 Å². The van der Waals surface area contributed by atoms with E-state index in [0.717, 1.165) is 9.99 Å². The number of imidazole rings is 1. The summed E-state index contributed by atoms with van der Waals surface area (Å²) in [4.78, 5) is 4.13. The molecule has 0 spiro atoms. The molecule has 0 unspecified atom stereocenters. The predicted molar refractivity (Wildman–Crippen MR) is 55.5 cm³/mol. The first-order valence-electron chi connectivity index (χ1n) is 4.03. The number of hydrogen-bond donors (Lipinski definition) is 1. The van der Waals surface area contributed by atoms with Crippen molar-refractivity contribution in [2.75, 3.05) is 0 Å². The van der Waals surface area contributed by atoms with Gasteiger partial charge < -0.3 is 10.1 Å². The lowest BCUT2D eigenvalue weighted by molar-refractivity contribution is 0.901. The van der Waals surface area contributed by atoms with E-state index in [2.05, 4.69) is 20.9 Å². The van der Waals surface area contributed by atoms with E-state index in [0.29, 0.717) is 18.1 Å². The molecule has 14 heavy (non-hydrogen) atoms. The molecule has 0 fully saturated rings. The standard InChI is InChI=1S/C9H7BrN4/c10-6-2-1-3-14-8(5-12)13-7(4-11)9(6)14/h1-3H,5,12H2. The van der Waals surface area contributed by atoms with Gasteiger partial charge in [-0.2, -0.15) is 5.26 Å². The predicted octanol–water partition coefficient (Wildman–Crippen LogP) is 1.43. The van der Waals surface area contributed by atoms with E-state index in [4.69, 9.17) is 11.0 Å². The smallest absolute Gasteiger partial charge is 0.167 e. The van der Waals surface area contributed by atoms with Crippen LogP contribution in [0.25, 0.3) is 5.52 Å². The summed E-state index contributed by atoms with van der Waals surface area (Å²) in [5.74, 6) is 0.692. The molecule has 0 aliphatic carbocycles. The van der Waals surface area contributed by atoms with Crippen LogP contribution in [-0.4, -0.2) is 9.38 Å². The lowest BCUT2D eigenvalue weighted by Crippen LogP contribution is -2.02. The van der Waals surface area contributed by atoms with Crippen molar-refractivity contribution in [3.63, 3.8) is 0 Å². The fraction of sp³-hybridized carbons (Fsp3) is 0.111. The Balaban J connectivity index is 2.91. The van der Waals surface area contributed by atoms with E-state index in [9.17, 15) is 0 Å². The Morgan fingerprint density at radius 1 is 1.64 bits per heavy atom. The van der Waals surface area contributed by atoms with Crippen molar-refractivity contribution in [2.45, 2.75) is 6.54 Å². The quantitative estimate of drug-likeness (QED) is 0.833. The summed E-state index contributed by atoms with van der Waals surface area (Å²) in [6, 6.07) is 5.80. The maximum absolute atomic E-state index is 8.88. The highest BCUT2D eigenvalue weighted by Crippen LogP contribution is 2.21. The molecule has 0 bridgehead atoms. The van der Waals surface area contributed by atoms with Gasteiger partial charge in [-0.1, -0.05) is 0 Å². The Labute approximate surface area is 89.1 Å². The first-order valence-corrected chi connectivity index (χ1v) is 4.83. The lowest BCUT2D eigenvalue weighted by atomic mass is 10.3. The normalized spacial score (nSPS) is 10.4. The van der Waals surface area contributed by atoms with E-state index in [1.807, 2.05) is 28.8 Å². The molecule has 2 heterocycles. The molecular formula is C9H7BrN4. The van der Waals surface area contributed by atoms with Crippen molar-refractivity contribution < 1.29 is 0 Å². The fourth-order valence-electron chi connectivity index (χ4n) is 1.38. The maximum atomic E-state index is 8.88. The zero-order chi connectivity index (χ0) is 10.1. The number of nitrogens with two attached hydrogens (primary N) is 1. The third kappa shape index (κ3) is 1.20. The van der Waals surface area contributed by atoms with Gasteiger partial charge in [0.1, 0.15) is 11.9 Å². The molecule has 0 radical (unpaired) electrons. The highest BCUT2D eigenvalue weighted by molar-refractivity contribution is 9.10. The molecule has 4 nitrogen and oxygen atoms in total. The fourth-order valence-corrected chi connectivity index (χ4v) is 1.91. The van der Waals surface area contributed by atoms with E-state index < -0.39 is 0 Å². The summed E-state index contributed by atoms with van der Waals surface area (Å²) < 4.78 is 2.67. The van der Waals surface area contributed by atoms with E-state index in [1.54, 1.807) is 0 Å². The summed E-state index contributed by atoms with van der Waals surface area (Å²) in [5, 5.41) is 8.88. The van der Waals surface area contributed by atoms with Gasteiger partial charge >= 0.3 is 0 Å². The van der Waals surface area contributed by atoms with Gasteiger partial charge in [0.05, 0.1) is 12.1 Å². The molecule has 70 valence electrons. The molecule has 0 aliphatic heterocycles. The molecule has 0 atom stereocenters. The Kier molecular flexibility index (Phi) is 2.23. The number of halogens is 1. The van der Waals surface area contributed by atoms with E-state index in [1.165, 1.54) is 0 Å². The second-order valence-corrected chi connectivity index (χ2v) is 3.62. The molecule has 2 rings (SSSR count). The largest absolute Gasteiger partial charge is 0.324 e. The van der Waals surface area contributed by atoms with Crippen molar-refractivity contribution in [1.29, 1.82) is 5.26 Å². The third-order valence-electron chi connectivity index (χ3n) is 1.98. The van der Waals surface area contributed by atoms with Crippen LogP contribution in [0.1, 0.15) is 11.5 Å². The molecule has 2 aromatic heterocycles. The Bertz CT molecular complexity index is 523. The number of pyridine rings is 1. The minimum atomic E-state index is 0.319. The zero-order valence-corrected chi connectivity index (χ0v) is 8.82. The number of fused-ring (bicyclic) bond motifs is 1. The van der Waals surface area contributed by atoms with E-state index in [-0.39, 0.29) is 0 Å². The minimum Gasteiger partial charge on any atom is -0.324 e. The van der Waals surface area contributed by atoms with Crippen molar-refractivity contribution in [3.05, 3.63) is 34.3 Å². The van der Waals surface area contributed by atoms with Crippen LogP contribution in [-0.2, 0) is 6.54 Å². The molecule has 2 aromatic rings. The third-order valence-corrected chi connectivity index (χ3v) is 2.62. The Morgan fingerprint density at radius 3 is 3.07 bits per heavy atom. The number of aromatic nitrogens is 2. The van der Waals surface area contributed by atoms with Gasteiger partial charge in [0.25, 0.3) is 0 Å². The molecule has 0 aromatic carbocycles. The van der Waals surface area contributed by atoms with Gasteiger partial charge in [0.2, 0.25) is 0 Å². The molecular weight excluding hydrogens is 244 g/mol.